The maximum Gasteiger partial charge on any atom is 0.337 e. The number of aryl methyl sites for hydroxylation is 2. The number of aromatic nitrogens is 2. The SMILES string of the molecule is Cc1nn(C)c(C)c1Nc1ccccc1C(=O)O. The summed E-state index contributed by atoms with van der Waals surface area (Å²) in [6, 6.07) is 6.83. The highest BCUT2D eigenvalue weighted by atomic mass is 16.4. The van der Waals surface area contributed by atoms with Crippen LogP contribution in [0.5, 0.6) is 0 Å². The molecule has 0 atom stereocenters. The molecule has 0 fully saturated rings. The molecule has 5 heteroatoms. The zero-order valence-electron chi connectivity index (χ0n) is 10.6. The van der Waals surface area contributed by atoms with E-state index in [9.17, 15) is 4.79 Å². The molecule has 94 valence electrons. The van der Waals surface area contributed by atoms with Crippen LogP contribution in [0.25, 0.3) is 0 Å². The molecule has 0 aliphatic heterocycles. The molecular formula is C13H15N3O2. The summed E-state index contributed by atoms with van der Waals surface area (Å²) >= 11 is 0. The van der Waals surface area contributed by atoms with Gasteiger partial charge < -0.3 is 10.4 Å². The second-order valence-corrected chi connectivity index (χ2v) is 4.15. The van der Waals surface area contributed by atoms with E-state index in [1.54, 1.807) is 28.9 Å². The van der Waals surface area contributed by atoms with Crippen LogP contribution in [0.2, 0.25) is 0 Å². The first-order valence-corrected chi connectivity index (χ1v) is 5.60. The Balaban J connectivity index is 2.43. The standard InChI is InChI=1S/C13H15N3O2/c1-8-12(9(2)16(3)15-8)14-11-7-5-4-6-10(11)13(17)18/h4-7,14H,1-3H3,(H,17,18). The van der Waals surface area contributed by atoms with Crippen molar-refractivity contribution in [2.75, 3.05) is 5.32 Å². The summed E-state index contributed by atoms with van der Waals surface area (Å²) in [5.74, 6) is -0.947. The zero-order valence-corrected chi connectivity index (χ0v) is 10.6. The molecule has 2 rings (SSSR count). The van der Waals surface area contributed by atoms with Crippen LogP contribution in [0.15, 0.2) is 24.3 Å². The Kier molecular flexibility index (Phi) is 3.06. The molecule has 0 unspecified atom stereocenters. The number of nitrogens with zero attached hydrogens (tertiary/aromatic N) is 2. The summed E-state index contributed by atoms with van der Waals surface area (Å²) in [6.45, 7) is 3.82. The lowest BCUT2D eigenvalue weighted by Gasteiger charge is -2.09. The van der Waals surface area contributed by atoms with Gasteiger partial charge in [0.1, 0.15) is 0 Å². The maximum atomic E-state index is 11.1. The second-order valence-electron chi connectivity index (χ2n) is 4.15. The summed E-state index contributed by atoms with van der Waals surface area (Å²) in [7, 11) is 1.86. The molecule has 18 heavy (non-hydrogen) atoms. The van der Waals surface area contributed by atoms with Crippen molar-refractivity contribution in [3.63, 3.8) is 0 Å². The van der Waals surface area contributed by atoms with E-state index in [1.807, 2.05) is 20.9 Å². The minimum atomic E-state index is -0.947. The highest BCUT2D eigenvalue weighted by Gasteiger charge is 2.13. The topological polar surface area (TPSA) is 67.2 Å². The van der Waals surface area contributed by atoms with Crippen LogP contribution >= 0.6 is 0 Å². The number of rotatable bonds is 3. The molecular weight excluding hydrogens is 230 g/mol. The Morgan fingerprint density at radius 2 is 2.00 bits per heavy atom. The molecule has 0 spiro atoms. The van der Waals surface area contributed by atoms with E-state index in [0.29, 0.717) is 5.69 Å². The average Bonchev–Trinajstić information content (AvgIpc) is 2.56. The van der Waals surface area contributed by atoms with Gasteiger partial charge in [-0.2, -0.15) is 5.10 Å². The van der Waals surface area contributed by atoms with Crippen LogP contribution in [0, 0.1) is 13.8 Å². The molecule has 1 aromatic heterocycles. The van der Waals surface area contributed by atoms with Gasteiger partial charge in [0.2, 0.25) is 0 Å². The summed E-state index contributed by atoms with van der Waals surface area (Å²) in [5, 5.41) is 16.6. The molecule has 0 radical (unpaired) electrons. The Labute approximate surface area is 105 Å². The fourth-order valence-electron chi connectivity index (χ4n) is 1.87. The molecule has 0 amide bonds. The predicted molar refractivity (Wildman–Crippen MR) is 69.4 cm³/mol. The Morgan fingerprint density at radius 1 is 1.33 bits per heavy atom. The van der Waals surface area contributed by atoms with Crippen molar-refractivity contribution in [1.82, 2.24) is 9.78 Å². The molecule has 1 heterocycles. The molecule has 2 aromatic rings. The Morgan fingerprint density at radius 3 is 2.56 bits per heavy atom. The Hall–Kier alpha value is -2.30. The number of benzene rings is 1. The van der Waals surface area contributed by atoms with Crippen molar-refractivity contribution >= 4 is 17.3 Å². The molecule has 0 aliphatic rings. The fourth-order valence-corrected chi connectivity index (χ4v) is 1.87. The first-order valence-electron chi connectivity index (χ1n) is 5.60. The van der Waals surface area contributed by atoms with Crippen LogP contribution < -0.4 is 5.32 Å². The summed E-state index contributed by atoms with van der Waals surface area (Å²) in [5.41, 5.74) is 3.48. The summed E-state index contributed by atoms with van der Waals surface area (Å²) < 4.78 is 1.76. The summed E-state index contributed by atoms with van der Waals surface area (Å²) in [4.78, 5) is 11.1. The van der Waals surface area contributed by atoms with Gasteiger partial charge >= 0.3 is 5.97 Å². The lowest BCUT2D eigenvalue weighted by atomic mass is 10.1. The molecule has 0 bridgehead atoms. The van der Waals surface area contributed by atoms with Crippen molar-refractivity contribution in [3.8, 4) is 0 Å². The van der Waals surface area contributed by atoms with E-state index in [0.717, 1.165) is 17.1 Å². The van der Waals surface area contributed by atoms with Crippen LogP contribution in [0.4, 0.5) is 11.4 Å². The third-order valence-corrected chi connectivity index (χ3v) is 2.93. The third kappa shape index (κ3) is 2.07. The molecule has 0 aliphatic carbocycles. The van der Waals surface area contributed by atoms with Gasteiger partial charge in [-0.15, -0.1) is 0 Å². The predicted octanol–water partition coefficient (Wildman–Crippen LogP) is 2.48. The van der Waals surface area contributed by atoms with E-state index < -0.39 is 5.97 Å². The van der Waals surface area contributed by atoms with Crippen LogP contribution in [0.3, 0.4) is 0 Å². The number of carboxylic acid groups (broad SMARTS) is 1. The lowest BCUT2D eigenvalue weighted by molar-refractivity contribution is 0.0698. The van der Waals surface area contributed by atoms with Gasteiger partial charge in [0, 0.05) is 7.05 Å². The first kappa shape index (κ1) is 12.2. The fraction of sp³-hybridized carbons (Fsp3) is 0.231. The Bertz CT molecular complexity index is 602. The smallest absolute Gasteiger partial charge is 0.337 e. The highest BCUT2D eigenvalue weighted by molar-refractivity contribution is 5.95. The van der Waals surface area contributed by atoms with Crippen LogP contribution in [-0.4, -0.2) is 20.9 Å². The average molecular weight is 245 g/mol. The monoisotopic (exact) mass is 245 g/mol. The van der Waals surface area contributed by atoms with Crippen LogP contribution in [-0.2, 0) is 7.05 Å². The van der Waals surface area contributed by atoms with Crippen molar-refractivity contribution in [2.45, 2.75) is 13.8 Å². The van der Waals surface area contributed by atoms with Gasteiger partial charge in [-0.3, -0.25) is 4.68 Å². The van der Waals surface area contributed by atoms with E-state index >= 15 is 0 Å². The number of aromatic carboxylic acids is 1. The van der Waals surface area contributed by atoms with E-state index in [-0.39, 0.29) is 5.56 Å². The van der Waals surface area contributed by atoms with Crippen LogP contribution in [0.1, 0.15) is 21.7 Å². The second kappa shape index (κ2) is 4.52. The third-order valence-electron chi connectivity index (χ3n) is 2.93. The largest absolute Gasteiger partial charge is 0.478 e. The quantitative estimate of drug-likeness (QED) is 0.871. The lowest BCUT2D eigenvalue weighted by Crippen LogP contribution is -2.03. The van der Waals surface area contributed by atoms with Gasteiger partial charge in [0.15, 0.2) is 0 Å². The van der Waals surface area contributed by atoms with Gasteiger partial charge in [0.25, 0.3) is 0 Å². The number of anilines is 2. The molecule has 1 aromatic carbocycles. The molecule has 2 N–H and O–H groups in total. The van der Waals surface area contributed by atoms with Crippen molar-refractivity contribution < 1.29 is 9.90 Å². The van der Waals surface area contributed by atoms with Gasteiger partial charge in [-0.25, -0.2) is 4.79 Å². The minimum Gasteiger partial charge on any atom is -0.478 e. The number of carboxylic acids is 1. The molecule has 0 saturated heterocycles. The number of nitrogens with one attached hydrogen (secondary N) is 1. The number of carbonyl (C=O) groups is 1. The number of hydrogen-bond acceptors (Lipinski definition) is 3. The van der Waals surface area contributed by atoms with Gasteiger partial charge in [-0.1, -0.05) is 12.1 Å². The molecule has 0 saturated carbocycles. The maximum absolute atomic E-state index is 11.1. The van der Waals surface area contributed by atoms with E-state index in [1.165, 1.54) is 0 Å². The minimum absolute atomic E-state index is 0.250. The van der Waals surface area contributed by atoms with Crippen molar-refractivity contribution in [2.24, 2.45) is 7.05 Å². The zero-order chi connectivity index (χ0) is 13.3. The van der Waals surface area contributed by atoms with E-state index in [2.05, 4.69) is 10.4 Å². The van der Waals surface area contributed by atoms with E-state index in [4.69, 9.17) is 5.11 Å². The van der Waals surface area contributed by atoms with Crippen molar-refractivity contribution in [3.05, 3.63) is 41.2 Å². The number of para-hydroxylation sites is 1. The summed E-state index contributed by atoms with van der Waals surface area (Å²) in [6.07, 6.45) is 0. The van der Waals surface area contributed by atoms with Gasteiger partial charge in [-0.05, 0) is 26.0 Å². The van der Waals surface area contributed by atoms with Crippen molar-refractivity contribution in [1.29, 1.82) is 0 Å². The highest BCUT2D eigenvalue weighted by Crippen LogP contribution is 2.25. The normalized spacial score (nSPS) is 10.4. The number of hydrogen-bond donors (Lipinski definition) is 2. The molecule has 5 nitrogen and oxygen atoms in total. The first-order chi connectivity index (χ1) is 8.50. The van der Waals surface area contributed by atoms with Gasteiger partial charge in [0.05, 0.1) is 28.3 Å².